The summed E-state index contributed by atoms with van der Waals surface area (Å²) in [6.45, 7) is 3.92. The maximum atomic E-state index is 13.3. The molecule has 1 aromatic rings. The fourth-order valence-corrected chi connectivity index (χ4v) is 2.84. The number of ketones is 1. The van der Waals surface area contributed by atoms with Gasteiger partial charge in [-0.2, -0.15) is 0 Å². The second kappa shape index (κ2) is 6.64. The molecule has 17 heavy (non-hydrogen) atoms. The fraction of sp³-hybridized carbons (Fsp3) is 0.462. The Kier molecular flexibility index (Phi) is 5.48. The minimum absolute atomic E-state index is 0.0204. The van der Waals surface area contributed by atoms with Gasteiger partial charge in [-0.1, -0.05) is 32.0 Å². The molecule has 0 aliphatic rings. The zero-order chi connectivity index (χ0) is 12.8. The van der Waals surface area contributed by atoms with E-state index >= 15 is 0 Å². The predicted molar refractivity (Wildman–Crippen MR) is 67.8 cm³/mol. The summed E-state index contributed by atoms with van der Waals surface area (Å²) in [4.78, 5) is 11.6. The van der Waals surface area contributed by atoms with Crippen molar-refractivity contribution < 1.29 is 13.4 Å². The van der Waals surface area contributed by atoms with Gasteiger partial charge in [0.15, 0.2) is 0 Å². The molecule has 2 nitrogen and oxygen atoms in total. The van der Waals surface area contributed by atoms with Gasteiger partial charge < -0.3 is 0 Å². The molecule has 0 fully saturated rings. The maximum Gasteiger partial charge on any atom is 0.149 e. The number of Topliss-reactive ketones (excluding diaryl/α,β-unsaturated/α-hetero) is 1. The van der Waals surface area contributed by atoms with E-state index < -0.39 is 10.8 Å². The highest BCUT2D eigenvalue weighted by atomic mass is 32.2. The average Bonchev–Trinajstić information content (AvgIpc) is 2.19. The van der Waals surface area contributed by atoms with E-state index in [1.54, 1.807) is 18.2 Å². The third-order valence-corrected chi connectivity index (χ3v) is 3.87. The van der Waals surface area contributed by atoms with E-state index in [0.29, 0.717) is 17.2 Å². The lowest BCUT2D eigenvalue weighted by Gasteiger charge is -2.05. The Morgan fingerprint density at radius 1 is 1.35 bits per heavy atom. The average molecular weight is 256 g/mol. The zero-order valence-electron chi connectivity index (χ0n) is 10.1. The van der Waals surface area contributed by atoms with Crippen LogP contribution in [0.15, 0.2) is 24.3 Å². The van der Waals surface area contributed by atoms with Gasteiger partial charge in [-0.25, -0.2) is 4.39 Å². The van der Waals surface area contributed by atoms with Crippen molar-refractivity contribution in [3.05, 3.63) is 35.6 Å². The van der Waals surface area contributed by atoms with Gasteiger partial charge >= 0.3 is 0 Å². The Labute approximate surface area is 104 Å². The topological polar surface area (TPSA) is 34.1 Å². The molecule has 0 aromatic heterocycles. The second-order valence-corrected chi connectivity index (χ2v) is 5.95. The lowest BCUT2D eigenvalue weighted by molar-refractivity contribution is -0.116. The van der Waals surface area contributed by atoms with Gasteiger partial charge in [0.05, 0.1) is 5.75 Å². The van der Waals surface area contributed by atoms with Crippen molar-refractivity contribution in [2.24, 2.45) is 5.92 Å². The first-order chi connectivity index (χ1) is 7.99. The van der Waals surface area contributed by atoms with Gasteiger partial charge in [0.1, 0.15) is 11.6 Å². The summed E-state index contributed by atoms with van der Waals surface area (Å²) >= 11 is 0. The van der Waals surface area contributed by atoms with Crippen molar-refractivity contribution in [2.75, 3.05) is 11.5 Å². The van der Waals surface area contributed by atoms with Gasteiger partial charge in [-0.3, -0.25) is 9.00 Å². The summed E-state index contributed by atoms with van der Waals surface area (Å²) < 4.78 is 24.8. The standard InChI is InChI=1S/C13H17FO2S/c1-10(2)8-17(16)9-12(15)7-11-5-3-4-6-13(11)14/h3-6,10H,7-9H2,1-2H3. The van der Waals surface area contributed by atoms with Crippen LogP contribution in [0.5, 0.6) is 0 Å². The third kappa shape index (κ3) is 5.22. The summed E-state index contributed by atoms with van der Waals surface area (Å²) in [6.07, 6.45) is 0.0243. The van der Waals surface area contributed by atoms with Crippen LogP contribution in [0.3, 0.4) is 0 Å². The van der Waals surface area contributed by atoms with Crippen LogP contribution in [0.1, 0.15) is 19.4 Å². The van der Waals surface area contributed by atoms with Crippen LogP contribution in [0.2, 0.25) is 0 Å². The molecule has 0 spiro atoms. The van der Waals surface area contributed by atoms with Crippen molar-refractivity contribution in [1.82, 2.24) is 0 Å². The molecule has 4 heteroatoms. The number of carbonyl (C=O) groups excluding carboxylic acids is 1. The Morgan fingerprint density at radius 3 is 2.59 bits per heavy atom. The monoisotopic (exact) mass is 256 g/mol. The van der Waals surface area contributed by atoms with Gasteiger partial charge in [-0.05, 0) is 17.5 Å². The molecule has 0 aliphatic heterocycles. The van der Waals surface area contributed by atoms with Crippen molar-refractivity contribution in [3.8, 4) is 0 Å². The van der Waals surface area contributed by atoms with Crippen LogP contribution in [-0.2, 0) is 22.0 Å². The number of benzene rings is 1. The quantitative estimate of drug-likeness (QED) is 0.783. The normalized spacial score (nSPS) is 12.7. The minimum Gasteiger partial charge on any atom is -0.298 e. The summed E-state index contributed by atoms with van der Waals surface area (Å²) in [7, 11) is -1.13. The van der Waals surface area contributed by atoms with Crippen molar-refractivity contribution in [2.45, 2.75) is 20.3 Å². The van der Waals surface area contributed by atoms with Crippen molar-refractivity contribution in [1.29, 1.82) is 0 Å². The molecule has 0 heterocycles. The molecule has 94 valence electrons. The molecule has 0 N–H and O–H groups in total. The summed E-state index contributed by atoms with van der Waals surface area (Å²) in [5.74, 6) is 0.289. The molecule has 0 amide bonds. The van der Waals surface area contributed by atoms with Gasteiger partial charge in [-0.15, -0.1) is 0 Å². The number of carbonyl (C=O) groups is 1. The predicted octanol–water partition coefficient (Wildman–Crippen LogP) is 2.34. The molecular weight excluding hydrogens is 239 g/mol. The van der Waals surface area contributed by atoms with Crippen molar-refractivity contribution >= 4 is 16.6 Å². The van der Waals surface area contributed by atoms with Gasteiger partial charge in [0.25, 0.3) is 0 Å². The van der Waals surface area contributed by atoms with Crippen molar-refractivity contribution in [3.63, 3.8) is 0 Å². The number of hydrogen-bond donors (Lipinski definition) is 0. The number of hydrogen-bond acceptors (Lipinski definition) is 2. The van der Waals surface area contributed by atoms with E-state index in [0.717, 1.165) is 0 Å². The van der Waals surface area contributed by atoms with Crippen LogP contribution in [0.4, 0.5) is 4.39 Å². The van der Waals surface area contributed by atoms with Gasteiger partial charge in [0, 0.05) is 23.0 Å². The smallest absolute Gasteiger partial charge is 0.149 e. The SMILES string of the molecule is CC(C)CS(=O)CC(=O)Cc1ccccc1F. The van der Waals surface area contributed by atoms with Gasteiger partial charge in [0.2, 0.25) is 0 Å². The first-order valence-corrected chi connectivity index (χ1v) is 7.08. The molecule has 1 atom stereocenters. The second-order valence-electron chi connectivity index (χ2n) is 4.45. The molecular formula is C13H17FO2S. The molecule has 0 saturated carbocycles. The maximum absolute atomic E-state index is 13.3. The van der Waals surface area contributed by atoms with Crippen LogP contribution in [-0.4, -0.2) is 21.5 Å². The molecule has 0 aliphatic carbocycles. The third-order valence-electron chi connectivity index (χ3n) is 2.19. The molecule has 0 saturated heterocycles. The molecule has 1 unspecified atom stereocenters. The first-order valence-electron chi connectivity index (χ1n) is 5.59. The van der Waals surface area contributed by atoms with Crippen LogP contribution in [0, 0.1) is 11.7 Å². The largest absolute Gasteiger partial charge is 0.298 e. The highest BCUT2D eigenvalue weighted by Gasteiger charge is 2.12. The minimum atomic E-state index is -1.13. The lowest BCUT2D eigenvalue weighted by Crippen LogP contribution is -2.17. The van der Waals surface area contributed by atoms with Crippen LogP contribution >= 0.6 is 0 Å². The van der Waals surface area contributed by atoms with E-state index in [1.807, 2.05) is 13.8 Å². The molecule has 1 rings (SSSR count). The number of halogens is 1. The molecule has 1 aromatic carbocycles. The highest BCUT2D eigenvalue weighted by molar-refractivity contribution is 7.85. The zero-order valence-corrected chi connectivity index (χ0v) is 10.9. The van der Waals surface area contributed by atoms with E-state index in [2.05, 4.69) is 0 Å². The summed E-state index contributed by atoms with van der Waals surface area (Å²) in [5, 5.41) is 0. The Morgan fingerprint density at radius 2 is 2.00 bits per heavy atom. The van der Waals surface area contributed by atoms with E-state index in [-0.39, 0.29) is 23.8 Å². The van der Waals surface area contributed by atoms with Crippen LogP contribution < -0.4 is 0 Å². The summed E-state index contributed by atoms with van der Waals surface area (Å²) in [6, 6.07) is 6.18. The Balaban J connectivity index is 2.51. The Bertz CT molecular complexity index is 416. The fourth-order valence-electron chi connectivity index (χ4n) is 1.52. The van der Waals surface area contributed by atoms with Crippen LogP contribution in [0.25, 0.3) is 0 Å². The Hall–Kier alpha value is -1.03. The number of rotatable bonds is 6. The van der Waals surface area contributed by atoms with E-state index in [1.165, 1.54) is 6.07 Å². The highest BCUT2D eigenvalue weighted by Crippen LogP contribution is 2.08. The summed E-state index contributed by atoms with van der Waals surface area (Å²) in [5.41, 5.74) is 0.374. The molecule has 0 radical (unpaired) electrons. The van der Waals surface area contributed by atoms with E-state index in [4.69, 9.17) is 0 Å². The van der Waals surface area contributed by atoms with E-state index in [9.17, 15) is 13.4 Å². The first kappa shape index (κ1) is 14.0. The molecule has 0 bridgehead atoms. The lowest BCUT2D eigenvalue weighted by atomic mass is 10.1.